The molecule has 0 radical (unpaired) electrons. The molecule has 3 nitrogen and oxygen atoms in total. The Kier molecular flexibility index (Phi) is 4.26. The van der Waals surface area contributed by atoms with E-state index < -0.39 is 0 Å². The highest BCUT2D eigenvalue weighted by Crippen LogP contribution is 2.30. The molecule has 1 aromatic rings. The SMILES string of the molecule is COc1cccc(CNCCC2CCC2)c1O. The fraction of sp³-hybridized carbons (Fsp3) is 0.571. The number of phenols is 1. The summed E-state index contributed by atoms with van der Waals surface area (Å²) in [5.74, 6) is 1.73. The normalized spacial score (nSPS) is 15.6. The first-order valence-electron chi connectivity index (χ1n) is 6.37. The van der Waals surface area contributed by atoms with Crippen molar-refractivity contribution in [3.8, 4) is 11.5 Å². The van der Waals surface area contributed by atoms with E-state index in [9.17, 15) is 5.11 Å². The van der Waals surface area contributed by atoms with E-state index in [0.717, 1.165) is 18.0 Å². The van der Waals surface area contributed by atoms with Crippen LogP contribution in [0.15, 0.2) is 18.2 Å². The molecule has 2 N–H and O–H groups in total. The molecule has 0 atom stereocenters. The van der Waals surface area contributed by atoms with Crippen LogP contribution in [0.2, 0.25) is 0 Å². The highest BCUT2D eigenvalue weighted by molar-refractivity contribution is 5.45. The van der Waals surface area contributed by atoms with Crippen molar-refractivity contribution in [2.24, 2.45) is 5.92 Å². The summed E-state index contributed by atoms with van der Waals surface area (Å²) in [6.07, 6.45) is 5.45. The zero-order valence-electron chi connectivity index (χ0n) is 10.4. The maximum atomic E-state index is 9.89. The van der Waals surface area contributed by atoms with Gasteiger partial charge in [0.05, 0.1) is 7.11 Å². The molecule has 0 saturated heterocycles. The minimum Gasteiger partial charge on any atom is -0.504 e. The van der Waals surface area contributed by atoms with Crippen molar-refractivity contribution in [2.75, 3.05) is 13.7 Å². The van der Waals surface area contributed by atoms with Crippen LogP contribution >= 0.6 is 0 Å². The predicted molar refractivity (Wildman–Crippen MR) is 68.3 cm³/mol. The Labute approximate surface area is 103 Å². The molecule has 0 heterocycles. The summed E-state index contributed by atoms with van der Waals surface area (Å²) >= 11 is 0. The maximum Gasteiger partial charge on any atom is 0.162 e. The monoisotopic (exact) mass is 235 g/mol. The summed E-state index contributed by atoms with van der Waals surface area (Å²) in [7, 11) is 1.57. The lowest BCUT2D eigenvalue weighted by molar-refractivity contribution is 0.291. The van der Waals surface area contributed by atoms with Crippen LogP contribution in [0.1, 0.15) is 31.2 Å². The Hall–Kier alpha value is -1.22. The maximum absolute atomic E-state index is 9.89. The second-order valence-corrected chi connectivity index (χ2v) is 4.73. The largest absolute Gasteiger partial charge is 0.504 e. The minimum absolute atomic E-state index is 0.256. The molecule has 1 aromatic carbocycles. The first kappa shape index (κ1) is 12.2. The van der Waals surface area contributed by atoms with Crippen LogP contribution in [0, 0.1) is 5.92 Å². The van der Waals surface area contributed by atoms with Crippen LogP contribution < -0.4 is 10.1 Å². The molecule has 1 fully saturated rings. The Bertz CT molecular complexity index is 361. The minimum atomic E-state index is 0.256. The molecule has 1 saturated carbocycles. The summed E-state index contributed by atoms with van der Waals surface area (Å²) < 4.78 is 5.08. The number of hydrogen-bond donors (Lipinski definition) is 2. The zero-order chi connectivity index (χ0) is 12.1. The van der Waals surface area contributed by atoms with Gasteiger partial charge in [0.1, 0.15) is 0 Å². The second-order valence-electron chi connectivity index (χ2n) is 4.73. The number of ether oxygens (including phenoxy) is 1. The fourth-order valence-corrected chi connectivity index (χ4v) is 2.19. The van der Waals surface area contributed by atoms with E-state index in [1.54, 1.807) is 13.2 Å². The third kappa shape index (κ3) is 3.13. The van der Waals surface area contributed by atoms with Crippen LogP contribution in [-0.4, -0.2) is 18.8 Å². The van der Waals surface area contributed by atoms with Crippen molar-refractivity contribution in [3.63, 3.8) is 0 Å². The van der Waals surface area contributed by atoms with Gasteiger partial charge in [-0.05, 0) is 24.9 Å². The predicted octanol–water partition coefficient (Wildman–Crippen LogP) is 2.68. The average molecular weight is 235 g/mol. The van der Waals surface area contributed by atoms with Gasteiger partial charge in [0.25, 0.3) is 0 Å². The molecular formula is C14H21NO2. The van der Waals surface area contributed by atoms with Crippen molar-refractivity contribution in [1.29, 1.82) is 0 Å². The fourth-order valence-electron chi connectivity index (χ4n) is 2.19. The highest BCUT2D eigenvalue weighted by Gasteiger charge is 2.16. The lowest BCUT2D eigenvalue weighted by Crippen LogP contribution is -2.21. The molecule has 0 spiro atoms. The van der Waals surface area contributed by atoms with E-state index in [1.165, 1.54) is 25.7 Å². The Morgan fingerprint density at radius 2 is 2.24 bits per heavy atom. The van der Waals surface area contributed by atoms with Gasteiger partial charge in [0, 0.05) is 12.1 Å². The molecule has 0 bridgehead atoms. The van der Waals surface area contributed by atoms with Gasteiger partial charge in [-0.3, -0.25) is 0 Å². The summed E-state index contributed by atoms with van der Waals surface area (Å²) in [6.45, 7) is 1.73. The lowest BCUT2D eigenvalue weighted by atomic mass is 9.83. The van der Waals surface area contributed by atoms with E-state index in [0.29, 0.717) is 12.3 Å². The molecule has 3 heteroatoms. The van der Waals surface area contributed by atoms with E-state index in [2.05, 4.69) is 5.32 Å². The van der Waals surface area contributed by atoms with Gasteiger partial charge in [-0.25, -0.2) is 0 Å². The quantitative estimate of drug-likeness (QED) is 0.745. The van der Waals surface area contributed by atoms with Gasteiger partial charge in [-0.15, -0.1) is 0 Å². The second kappa shape index (κ2) is 5.92. The van der Waals surface area contributed by atoms with Gasteiger partial charge >= 0.3 is 0 Å². The topological polar surface area (TPSA) is 41.5 Å². The first-order chi connectivity index (χ1) is 8.31. The van der Waals surface area contributed by atoms with E-state index in [-0.39, 0.29) is 5.75 Å². The lowest BCUT2D eigenvalue weighted by Gasteiger charge is -2.25. The zero-order valence-corrected chi connectivity index (χ0v) is 10.4. The van der Waals surface area contributed by atoms with Crippen molar-refractivity contribution in [3.05, 3.63) is 23.8 Å². The van der Waals surface area contributed by atoms with Crippen molar-refractivity contribution in [1.82, 2.24) is 5.32 Å². The molecule has 2 rings (SSSR count). The number of nitrogens with one attached hydrogen (secondary N) is 1. The van der Waals surface area contributed by atoms with Gasteiger partial charge < -0.3 is 15.2 Å². The molecule has 0 amide bonds. The van der Waals surface area contributed by atoms with E-state index >= 15 is 0 Å². The van der Waals surface area contributed by atoms with Crippen LogP contribution in [0.3, 0.4) is 0 Å². The molecule has 17 heavy (non-hydrogen) atoms. The first-order valence-corrected chi connectivity index (χ1v) is 6.37. The molecule has 0 unspecified atom stereocenters. The molecular weight excluding hydrogens is 214 g/mol. The molecule has 94 valence electrons. The van der Waals surface area contributed by atoms with Crippen LogP contribution in [0.5, 0.6) is 11.5 Å². The van der Waals surface area contributed by atoms with E-state index in [1.807, 2.05) is 12.1 Å². The number of para-hydroxylation sites is 1. The number of methoxy groups -OCH3 is 1. The Morgan fingerprint density at radius 3 is 2.88 bits per heavy atom. The van der Waals surface area contributed by atoms with Crippen LogP contribution in [0.25, 0.3) is 0 Å². The van der Waals surface area contributed by atoms with Crippen LogP contribution in [0.4, 0.5) is 0 Å². The molecule has 0 aromatic heterocycles. The van der Waals surface area contributed by atoms with E-state index in [4.69, 9.17) is 4.74 Å². The molecule has 1 aliphatic rings. The summed E-state index contributed by atoms with van der Waals surface area (Å²) in [5, 5.41) is 13.3. The van der Waals surface area contributed by atoms with Gasteiger partial charge in [-0.1, -0.05) is 31.4 Å². The smallest absolute Gasteiger partial charge is 0.162 e. The van der Waals surface area contributed by atoms with Gasteiger partial charge in [0.2, 0.25) is 0 Å². The van der Waals surface area contributed by atoms with Crippen molar-refractivity contribution in [2.45, 2.75) is 32.2 Å². The summed E-state index contributed by atoms with van der Waals surface area (Å²) in [6, 6.07) is 5.60. The highest BCUT2D eigenvalue weighted by atomic mass is 16.5. The summed E-state index contributed by atoms with van der Waals surface area (Å²) in [4.78, 5) is 0. The third-order valence-electron chi connectivity index (χ3n) is 3.57. The van der Waals surface area contributed by atoms with Crippen molar-refractivity contribution >= 4 is 0 Å². The molecule has 1 aliphatic carbocycles. The average Bonchev–Trinajstić information content (AvgIpc) is 2.28. The molecule has 0 aliphatic heterocycles. The van der Waals surface area contributed by atoms with Gasteiger partial charge in [-0.2, -0.15) is 0 Å². The number of hydrogen-bond acceptors (Lipinski definition) is 3. The Balaban J connectivity index is 1.77. The van der Waals surface area contributed by atoms with Gasteiger partial charge in [0.15, 0.2) is 11.5 Å². The number of aromatic hydroxyl groups is 1. The number of benzene rings is 1. The third-order valence-corrected chi connectivity index (χ3v) is 3.57. The number of phenolic OH excluding ortho intramolecular Hbond substituents is 1. The Morgan fingerprint density at radius 1 is 1.41 bits per heavy atom. The van der Waals surface area contributed by atoms with Crippen LogP contribution in [-0.2, 0) is 6.54 Å². The standard InChI is InChI=1S/C14H21NO2/c1-17-13-7-3-6-12(14(13)16)10-15-9-8-11-4-2-5-11/h3,6-7,11,15-16H,2,4-5,8-10H2,1H3. The number of rotatable bonds is 6. The summed E-state index contributed by atoms with van der Waals surface area (Å²) in [5.41, 5.74) is 0.901. The van der Waals surface area contributed by atoms with Crippen molar-refractivity contribution < 1.29 is 9.84 Å².